The van der Waals surface area contributed by atoms with Crippen LogP contribution < -0.4 is 10.1 Å². The number of nitrogens with one attached hydrogen (secondary N) is 1. The molecule has 0 aliphatic rings. The summed E-state index contributed by atoms with van der Waals surface area (Å²) in [5, 5.41) is 2.75. The van der Waals surface area contributed by atoms with Gasteiger partial charge in [-0.1, -0.05) is 41.4 Å². The van der Waals surface area contributed by atoms with Crippen LogP contribution in [0.4, 0.5) is 10.1 Å². The fraction of sp³-hybridized carbons (Fsp3) is 0.150. The molecule has 138 valence electrons. The number of hydrogen-bond donors (Lipinski definition) is 1. The molecule has 0 fully saturated rings. The van der Waals surface area contributed by atoms with Crippen LogP contribution in [0.15, 0.2) is 48.5 Å². The molecule has 5 nitrogen and oxygen atoms in total. The summed E-state index contributed by atoms with van der Waals surface area (Å²) in [6, 6.07) is 13.2. The quantitative estimate of drug-likeness (QED) is 0.698. The molecule has 0 aliphatic heterocycles. The minimum absolute atomic E-state index is 0.185. The highest BCUT2D eigenvalue weighted by Gasteiger charge is 2.10. The van der Waals surface area contributed by atoms with Gasteiger partial charge in [0.05, 0.1) is 10.7 Å². The molecule has 0 atom stereocenters. The van der Waals surface area contributed by atoms with Crippen LogP contribution >= 0.6 is 11.6 Å². The predicted octanol–water partition coefficient (Wildman–Crippen LogP) is 4.57. The third-order valence-electron chi connectivity index (χ3n) is 3.69. The van der Waals surface area contributed by atoms with Gasteiger partial charge in [0, 0.05) is 17.3 Å². The number of amides is 1. The van der Waals surface area contributed by atoms with E-state index in [1.54, 1.807) is 6.07 Å². The van der Waals surface area contributed by atoms with E-state index in [2.05, 4.69) is 15.3 Å². The highest BCUT2D eigenvalue weighted by Crippen LogP contribution is 2.23. The molecule has 0 bridgehead atoms. The molecule has 1 N–H and O–H groups in total. The van der Waals surface area contributed by atoms with Crippen molar-refractivity contribution in [3.05, 3.63) is 70.6 Å². The van der Waals surface area contributed by atoms with Gasteiger partial charge in [0.2, 0.25) is 5.88 Å². The smallest absolute Gasteiger partial charge is 0.262 e. The van der Waals surface area contributed by atoms with Gasteiger partial charge in [-0.05, 0) is 32.0 Å². The number of anilines is 1. The molecule has 7 heteroatoms. The number of ether oxygens (including phenoxy) is 1. The lowest BCUT2D eigenvalue weighted by atomic mass is 10.1. The Kier molecular flexibility index (Phi) is 5.66. The Morgan fingerprint density at radius 1 is 1.11 bits per heavy atom. The summed E-state index contributed by atoms with van der Waals surface area (Å²) in [7, 11) is 0. The van der Waals surface area contributed by atoms with Gasteiger partial charge in [-0.3, -0.25) is 4.79 Å². The Morgan fingerprint density at radius 2 is 1.85 bits per heavy atom. The second kappa shape index (κ2) is 8.14. The Bertz CT molecular complexity index is 977. The number of nitrogens with zero attached hydrogens (tertiary/aromatic N) is 2. The van der Waals surface area contributed by atoms with E-state index in [-0.39, 0.29) is 23.2 Å². The molecule has 0 saturated carbocycles. The van der Waals surface area contributed by atoms with Gasteiger partial charge in [-0.15, -0.1) is 0 Å². The third-order valence-corrected chi connectivity index (χ3v) is 4.02. The lowest BCUT2D eigenvalue weighted by Crippen LogP contribution is -2.21. The monoisotopic (exact) mass is 385 g/mol. The first-order valence-electron chi connectivity index (χ1n) is 8.21. The first-order valence-corrected chi connectivity index (χ1v) is 8.59. The lowest BCUT2D eigenvalue weighted by molar-refractivity contribution is -0.118. The normalized spacial score (nSPS) is 10.5. The fourth-order valence-corrected chi connectivity index (χ4v) is 2.53. The number of rotatable bonds is 5. The number of hydrogen-bond acceptors (Lipinski definition) is 4. The van der Waals surface area contributed by atoms with Gasteiger partial charge in [-0.2, -0.15) is 4.98 Å². The average Bonchev–Trinajstić information content (AvgIpc) is 2.63. The van der Waals surface area contributed by atoms with Crippen LogP contribution in [-0.4, -0.2) is 22.5 Å². The van der Waals surface area contributed by atoms with Crippen molar-refractivity contribution in [1.82, 2.24) is 9.97 Å². The highest BCUT2D eigenvalue weighted by molar-refractivity contribution is 6.33. The topological polar surface area (TPSA) is 64.1 Å². The van der Waals surface area contributed by atoms with Crippen LogP contribution in [0.5, 0.6) is 5.88 Å². The SMILES string of the molecule is Cc1ccc(-c2nc(C)cc(OCC(=O)Nc3cc(F)ccc3Cl)n2)cc1. The number of benzene rings is 2. The zero-order valence-electron chi connectivity index (χ0n) is 14.8. The number of aryl methyl sites for hydroxylation is 2. The zero-order chi connectivity index (χ0) is 19.4. The highest BCUT2D eigenvalue weighted by atomic mass is 35.5. The maximum atomic E-state index is 13.3. The Hall–Kier alpha value is -2.99. The van der Waals surface area contributed by atoms with E-state index in [1.165, 1.54) is 12.1 Å². The Balaban J connectivity index is 1.69. The summed E-state index contributed by atoms with van der Waals surface area (Å²) < 4.78 is 18.7. The van der Waals surface area contributed by atoms with Gasteiger partial charge in [0.15, 0.2) is 12.4 Å². The van der Waals surface area contributed by atoms with Crippen LogP contribution in [0.2, 0.25) is 5.02 Å². The van der Waals surface area contributed by atoms with Crippen LogP contribution in [0.3, 0.4) is 0 Å². The fourth-order valence-electron chi connectivity index (χ4n) is 2.36. The lowest BCUT2D eigenvalue weighted by Gasteiger charge is -2.10. The van der Waals surface area contributed by atoms with E-state index in [0.717, 1.165) is 17.2 Å². The average molecular weight is 386 g/mol. The van der Waals surface area contributed by atoms with Crippen LogP contribution in [-0.2, 0) is 4.79 Å². The Morgan fingerprint density at radius 3 is 2.59 bits per heavy atom. The molecule has 0 radical (unpaired) electrons. The molecule has 0 unspecified atom stereocenters. The summed E-state index contributed by atoms with van der Waals surface area (Å²) in [6.45, 7) is 3.52. The number of halogens is 2. The standard InChI is InChI=1S/C20H17ClFN3O2/c1-12-3-5-14(6-4-12)20-23-13(2)9-19(25-20)27-11-18(26)24-17-10-15(22)7-8-16(17)21/h3-10H,11H2,1-2H3,(H,24,26). The summed E-state index contributed by atoms with van der Waals surface area (Å²) in [5.74, 6) is -0.183. The summed E-state index contributed by atoms with van der Waals surface area (Å²) in [5.41, 5.74) is 2.88. The van der Waals surface area contributed by atoms with E-state index in [0.29, 0.717) is 11.5 Å². The van der Waals surface area contributed by atoms with Crippen LogP contribution in [0, 0.1) is 19.7 Å². The largest absolute Gasteiger partial charge is 0.467 e. The third kappa shape index (κ3) is 5.01. The van der Waals surface area contributed by atoms with Gasteiger partial charge in [0.25, 0.3) is 5.91 Å². The molecule has 27 heavy (non-hydrogen) atoms. The van der Waals surface area contributed by atoms with Gasteiger partial charge >= 0.3 is 0 Å². The van der Waals surface area contributed by atoms with Crippen LogP contribution in [0.25, 0.3) is 11.4 Å². The van der Waals surface area contributed by atoms with Crippen molar-refractivity contribution in [2.45, 2.75) is 13.8 Å². The number of aromatic nitrogens is 2. The van der Waals surface area contributed by atoms with Crippen molar-refractivity contribution < 1.29 is 13.9 Å². The van der Waals surface area contributed by atoms with E-state index in [9.17, 15) is 9.18 Å². The molecule has 1 heterocycles. The van der Waals surface area contributed by atoms with E-state index >= 15 is 0 Å². The van der Waals surface area contributed by atoms with Gasteiger partial charge < -0.3 is 10.1 Å². The minimum atomic E-state index is -0.496. The van der Waals surface area contributed by atoms with E-state index < -0.39 is 11.7 Å². The maximum Gasteiger partial charge on any atom is 0.262 e. The van der Waals surface area contributed by atoms with Crippen molar-refractivity contribution in [2.75, 3.05) is 11.9 Å². The zero-order valence-corrected chi connectivity index (χ0v) is 15.5. The van der Waals surface area contributed by atoms with Crippen molar-refractivity contribution in [1.29, 1.82) is 0 Å². The first kappa shape index (κ1) is 18.8. The molecular weight excluding hydrogens is 369 g/mol. The summed E-state index contributed by atoms with van der Waals surface area (Å²) >= 11 is 5.94. The molecular formula is C20H17ClFN3O2. The molecule has 1 aromatic heterocycles. The minimum Gasteiger partial charge on any atom is -0.467 e. The van der Waals surface area contributed by atoms with E-state index in [1.807, 2.05) is 38.1 Å². The molecule has 1 amide bonds. The van der Waals surface area contributed by atoms with Crippen molar-refractivity contribution in [2.24, 2.45) is 0 Å². The van der Waals surface area contributed by atoms with Gasteiger partial charge in [-0.25, -0.2) is 9.37 Å². The number of carbonyl (C=O) groups is 1. The van der Waals surface area contributed by atoms with Gasteiger partial charge in [0.1, 0.15) is 5.82 Å². The molecule has 0 spiro atoms. The number of carbonyl (C=O) groups excluding carboxylic acids is 1. The molecule has 3 rings (SSSR count). The molecule has 0 aliphatic carbocycles. The summed E-state index contributed by atoms with van der Waals surface area (Å²) in [4.78, 5) is 20.8. The predicted molar refractivity (Wildman–Crippen MR) is 102 cm³/mol. The van der Waals surface area contributed by atoms with Crippen LogP contribution in [0.1, 0.15) is 11.3 Å². The van der Waals surface area contributed by atoms with Crippen molar-refractivity contribution >= 4 is 23.2 Å². The first-order chi connectivity index (χ1) is 12.9. The molecule has 3 aromatic rings. The van der Waals surface area contributed by atoms with Crippen molar-refractivity contribution in [3.63, 3.8) is 0 Å². The second-order valence-electron chi connectivity index (χ2n) is 6.00. The molecule has 0 saturated heterocycles. The second-order valence-corrected chi connectivity index (χ2v) is 6.41. The van der Waals surface area contributed by atoms with Crippen molar-refractivity contribution in [3.8, 4) is 17.3 Å². The Labute approximate surface area is 161 Å². The summed E-state index contributed by atoms with van der Waals surface area (Å²) in [6.07, 6.45) is 0. The molecule has 2 aromatic carbocycles. The maximum absolute atomic E-state index is 13.3. The van der Waals surface area contributed by atoms with E-state index in [4.69, 9.17) is 16.3 Å².